The van der Waals surface area contributed by atoms with E-state index in [0.29, 0.717) is 36.7 Å². The van der Waals surface area contributed by atoms with E-state index in [1.807, 2.05) is 35.2 Å². The van der Waals surface area contributed by atoms with Crippen molar-refractivity contribution in [1.82, 2.24) is 9.88 Å². The van der Waals surface area contributed by atoms with E-state index in [9.17, 15) is 12.8 Å². The Balaban J connectivity index is 1.47. The third-order valence-corrected chi connectivity index (χ3v) is 9.89. The molecule has 2 heterocycles. The van der Waals surface area contributed by atoms with Gasteiger partial charge in [0.25, 0.3) is 10.0 Å². The van der Waals surface area contributed by atoms with Crippen LogP contribution in [-0.4, -0.2) is 58.3 Å². The van der Waals surface area contributed by atoms with Crippen LogP contribution in [0.1, 0.15) is 17.2 Å². The summed E-state index contributed by atoms with van der Waals surface area (Å²) in [6, 6.07) is 16.3. The second kappa shape index (κ2) is 12.8. The number of nitrogens with one attached hydrogen (secondary N) is 1. The summed E-state index contributed by atoms with van der Waals surface area (Å²) in [7, 11) is -1.50. The summed E-state index contributed by atoms with van der Waals surface area (Å²) < 4.78 is 68.9. The fraction of sp³-hybridized carbons (Fsp3) is 0.276. The summed E-state index contributed by atoms with van der Waals surface area (Å²) in [6.45, 7) is 0.914. The van der Waals surface area contributed by atoms with E-state index in [-0.39, 0.29) is 28.4 Å². The molecule has 0 saturated carbocycles. The Hall–Kier alpha value is -3.45. The van der Waals surface area contributed by atoms with Crippen molar-refractivity contribution < 1.29 is 26.7 Å². The van der Waals surface area contributed by atoms with Crippen LogP contribution in [0.2, 0.25) is 5.02 Å². The normalized spacial score (nSPS) is 14.7. The van der Waals surface area contributed by atoms with E-state index in [1.165, 1.54) is 20.4 Å². The summed E-state index contributed by atoms with van der Waals surface area (Å²) in [5.41, 5.74) is 1.64. The topological polar surface area (TPSA) is 84.0 Å². The van der Waals surface area contributed by atoms with Crippen LogP contribution in [0, 0.1) is 5.82 Å². The third-order valence-electron chi connectivity index (χ3n) is 6.92. The zero-order chi connectivity index (χ0) is 29.9. The maximum Gasteiger partial charge on any atom is 0.269 e. The Morgan fingerprint density at radius 1 is 1.14 bits per heavy atom. The predicted octanol–water partition coefficient (Wildman–Crippen LogP) is 6.16. The van der Waals surface area contributed by atoms with Crippen LogP contribution >= 0.6 is 22.9 Å². The van der Waals surface area contributed by atoms with Gasteiger partial charge < -0.3 is 14.8 Å². The first-order valence-corrected chi connectivity index (χ1v) is 15.7. The smallest absolute Gasteiger partial charge is 0.269 e. The van der Waals surface area contributed by atoms with Crippen LogP contribution in [-0.2, 0) is 16.6 Å². The highest BCUT2D eigenvalue weighted by Crippen LogP contribution is 2.36. The van der Waals surface area contributed by atoms with Crippen LogP contribution in [0.25, 0.3) is 0 Å². The van der Waals surface area contributed by atoms with E-state index in [1.54, 1.807) is 23.6 Å². The number of alkyl halides is 1. The predicted molar refractivity (Wildman–Crippen MR) is 161 cm³/mol. The number of hydrogen-bond donors (Lipinski definition) is 1. The van der Waals surface area contributed by atoms with Crippen molar-refractivity contribution in [3.05, 3.63) is 94.2 Å². The first kappa shape index (κ1) is 30.0. The maximum atomic E-state index is 15.7. The number of halogens is 3. The van der Waals surface area contributed by atoms with E-state index in [4.69, 9.17) is 21.1 Å². The molecule has 13 heteroatoms. The van der Waals surface area contributed by atoms with Crippen molar-refractivity contribution in [2.75, 3.05) is 43.5 Å². The molecule has 1 atom stereocenters. The number of hydrogen-bond acceptors (Lipinski definition) is 8. The van der Waals surface area contributed by atoms with Crippen molar-refractivity contribution in [2.24, 2.45) is 0 Å². The molecule has 1 aromatic heterocycles. The number of nitrogens with zero attached hydrogens (tertiary/aromatic N) is 3. The summed E-state index contributed by atoms with van der Waals surface area (Å²) >= 11 is 7.68. The van der Waals surface area contributed by atoms with Gasteiger partial charge in [0.05, 0.1) is 37.5 Å². The minimum atomic E-state index is -4.48. The minimum absolute atomic E-state index is 0.0176. The van der Waals surface area contributed by atoms with Crippen LogP contribution < -0.4 is 19.1 Å². The van der Waals surface area contributed by atoms with Crippen LogP contribution in [0.15, 0.2) is 77.1 Å². The lowest BCUT2D eigenvalue weighted by atomic mass is 10.0. The molecule has 42 heavy (non-hydrogen) atoms. The average Bonchev–Trinajstić information content (AvgIpc) is 3.51. The second-order valence-corrected chi connectivity index (χ2v) is 12.8. The third kappa shape index (κ3) is 6.46. The van der Waals surface area contributed by atoms with Gasteiger partial charge in [-0.15, -0.1) is 11.3 Å². The van der Waals surface area contributed by atoms with E-state index >= 15 is 4.39 Å². The molecule has 1 aliphatic heterocycles. The largest absolute Gasteiger partial charge is 0.497 e. The quantitative estimate of drug-likeness (QED) is 0.200. The molecule has 5 rings (SSSR count). The minimum Gasteiger partial charge on any atom is -0.497 e. The van der Waals surface area contributed by atoms with Crippen molar-refractivity contribution in [2.45, 2.75) is 23.7 Å². The van der Waals surface area contributed by atoms with Crippen molar-refractivity contribution >= 4 is 43.8 Å². The van der Waals surface area contributed by atoms with E-state index in [0.717, 1.165) is 33.3 Å². The van der Waals surface area contributed by atoms with Gasteiger partial charge in [-0.2, -0.15) is 0 Å². The first-order chi connectivity index (χ1) is 20.2. The lowest BCUT2D eigenvalue weighted by molar-refractivity contribution is 0.0622. The summed E-state index contributed by atoms with van der Waals surface area (Å²) in [5, 5.41) is 5.03. The molecule has 4 aromatic rings. The molecule has 1 unspecified atom stereocenters. The lowest BCUT2D eigenvalue weighted by Crippen LogP contribution is -2.50. The van der Waals surface area contributed by atoms with Gasteiger partial charge >= 0.3 is 0 Å². The number of likely N-dealkylation sites (tertiary alicyclic amines) is 1. The Labute approximate surface area is 252 Å². The standard InChI is InChI=1S/C29H29ClF2N4O4S2/c1-39-22-9-8-20(27(12-22)40-2)15-36(29-33-10-11-41-29)42(37,38)28-13-23(30)25(14-24(28)32)34-26(18-35-16-21(31)17-35)19-6-4-3-5-7-19/h3-14,21,26,34H,15-18H2,1-2H3. The number of aromatic nitrogens is 1. The molecule has 222 valence electrons. The molecular formula is C29H29ClF2N4O4S2. The van der Waals surface area contributed by atoms with Gasteiger partial charge in [0, 0.05) is 42.8 Å². The zero-order valence-corrected chi connectivity index (χ0v) is 25.2. The highest BCUT2D eigenvalue weighted by molar-refractivity contribution is 7.93. The van der Waals surface area contributed by atoms with Crippen molar-refractivity contribution in [3.63, 3.8) is 0 Å². The first-order valence-electron chi connectivity index (χ1n) is 13.0. The number of ether oxygens (including phenoxy) is 2. The van der Waals surface area contributed by atoms with Gasteiger partial charge in [0.1, 0.15) is 28.4 Å². The lowest BCUT2D eigenvalue weighted by Gasteiger charge is -2.37. The molecule has 3 aromatic carbocycles. The Morgan fingerprint density at radius 2 is 1.90 bits per heavy atom. The Morgan fingerprint density at radius 3 is 2.55 bits per heavy atom. The second-order valence-electron chi connectivity index (χ2n) is 9.69. The van der Waals surface area contributed by atoms with Crippen LogP contribution in [0.5, 0.6) is 11.5 Å². The Bertz CT molecular complexity index is 1620. The summed E-state index contributed by atoms with van der Waals surface area (Å²) in [5.74, 6) is -0.0465. The number of anilines is 2. The number of methoxy groups -OCH3 is 2. The number of thiazole rings is 1. The van der Waals surface area contributed by atoms with Gasteiger partial charge in [-0.1, -0.05) is 41.9 Å². The van der Waals surface area contributed by atoms with Gasteiger partial charge in [-0.25, -0.2) is 26.5 Å². The monoisotopic (exact) mass is 634 g/mol. The van der Waals surface area contributed by atoms with Crippen LogP contribution in [0.4, 0.5) is 19.6 Å². The number of benzene rings is 3. The molecule has 1 aliphatic rings. The molecule has 1 fully saturated rings. The number of rotatable bonds is 12. The number of sulfonamides is 1. The highest BCUT2D eigenvalue weighted by atomic mass is 35.5. The van der Waals surface area contributed by atoms with Gasteiger partial charge in [-0.05, 0) is 29.8 Å². The van der Waals surface area contributed by atoms with E-state index in [2.05, 4.69) is 10.3 Å². The van der Waals surface area contributed by atoms with Gasteiger partial charge in [0.15, 0.2) is 5.13 Å². The zero-order valence-electron chi connectivity index (χ0n) is 22.8. The molecule has 1 N–H and O–H groups in total. The molecule has 0 spiro atoms. The van der Waals surface area contributed by atoms with Crippen LogP contribution in [0.3, 0.4) is 0 Å². The van der Waals surface area contributed by atoms with E-state index < -0.39 is 26.9 Å². The van der Waals surface area contributed by atoms with Gasteiger partial charge in [0.2, 0.25) is 0 Å². The molecule has 0 aliphatic carbocycles. The highest BCUT2D eigenvalue weighted by Gasteiger charge is 2.33. The summed E-state index contributed by atoms with van der Waals surface area (Å²) in [6.07, 6.45) is 0.600. The fourth-order valence-corrected chi connectivity index (χ4v) is 7.33. The van der Waals surface area contributed by atoms with Crippen molar-refractivity contribution in [1.29, 1.82) is 0 Å². The fourth-order valence-electron chi connectivity index (χ4n) is 4.71. The summed E-state index contributed by atoms with van der Waals surface area (Å²) in [4.78, 5) is 5.53. The molecule has 0 amide bonds. The SMILES string of the molecule is COc1ccc(CN(c2nccs2)S(=O)(=O)c2cc(Cl)c(NC(CN3CC(F)C3)c3ccccc3)cc2F)c(OC)c1. The van der Waals surface area contributed by atoms with Crippen molar-refractivity contribution in [3.8, 4) is 11.5 Å². The molecule has 0 bridgehead atoms. The molecular weight excluding hydrogens is 606 g/mol. The molecule has 1 saturated heterocycles. The Kier molecular flexibility index (Phi) is 9.16. The molecule has 8 nitrogen and oxygen atoms in total. The maximum absolute atomic E-state index is 15.7. The van der Waals surface area contributed by atoms with Gasteiger partial charge in [-0.3, -0.25) is 4.90 Å². The molecule has 0 radical (unpaired) electrons. The average molecular weight is 635 g/mol.